The summed E-state index contributed by atoms with van der Waals surface area (Å²) in [5, 5.41) is 3.28. The molecule has 1 rings (SSSR count). The first-order valence-corrected chi connectivity index (χ1v) is 6.16. The third-order valence-electron chi connectivity index (χ3n) is 3.54. The number of carbonyl (C=O) groups is 1. The normalized spacial score (nSPS) is 28.7. The maximum Gasteiger partial charge on any atom is 0.234 e. The molecule has 15 heavy (non-hydrogen) atoms. The van der Waals surface area contributed by atoms with Crippen molar-refractivity contribution in [2.75, 3.05) is 6.54 Å². The lowest BCUT2D eigenvalue weighted by Gasteiger charge is -2.27. The predicted octanol–water partition coefficient (Wildman–Crippen LogP) is 1.67. The van der Waals surface area contributed by atoms with Crippen LogP contribution in [-0.4, -0.2) is 18.5 Å². The van der Waals surface area contributed by atoms with Crippen molar-refractivity contribution in [3.63, 3.8) is 0 Å². The van der Waals surface area contributed by atoms with Crippen LogP contribution in [-0.2, 0) is 4.79 Å². The molecular formula is C12H24N2O. The summed E-state index contributed by atoms with van der Waals surface area (Å²) < 4.78 is 0. The van der Waals surface area contributed by atoms with Crippen molar-refractivity contribution < 1.29 is 4.79 Å². The zero-order chi connectivity index (χ0) is 11.3. The lowest BCUT2D eigenvalue weighted by atomic mass is 9.83. The summed E-state index contributed by atoms with van der Waals surface area (Å²) in [4.78, 5) is 11.0. The number of hydrogen-bond donors (Lipinski definition) is 2. The molecule has 0 aromatic heterocycles. The van der Waals surface area contributed by atoms with Gasteiger partial charge in [0.05, 0.1) is 6.04 Å². The molecule has 3 heteroatoms. The first-order valence-electron chi connectivity index (χ1n) is 6.16. The topological polar surface area (TPSA) is 55.1 Å². The fourth-order valence-corrected chi connectivity index (χ4v) is 2.29. The van der Waals surface area contributed by atoms with Crippen LogP contribution in [0, 0.1) is 11.8 Å². The van der Waals surface area contributed by atoms with Gasteiger partial charge in [0.25, 0.3) is 0 Å². The highest BCUT2D eigenvalue weighted by Gasteiger charge is 2.20. The number of rotatable bonds is 5. The molecule has 1 aliphatic carbocycles. The molecule has 1 saturated carbocycles. The average molecular weight is 212 g/mol. The number of nitrogens with one attached hydrogen (secondary N) is 1. The lowest BCUT2D eigenvalue weighted by Crippen LogP contribution is -2.43. The molecule has 3 nitrogen and oxygen atoms in total. The van der Waals surface area contributed by atoms with Crippen LogP contribution in [0.3, 0.4) is 0 Å². The highest BCUT2D eigenvalue weighted by Crippen LogP contribution is 2.27. The quantitative estimate of drug-likeness (QED) is 0.728. The van der Waals surface area contributed by atoms with E-state index in [1.165, 1.54) is 25.7 Å². The third kappa shape index (κ3) is 4.20. The number of carbonyl (C=O) groups excluding carboxylic acids is 1. The van der Waals surface area contributed by atoms with E-state index in [1.807, 2.05) is 6.92 Å². The van der Waals surface area contributed by atoms with E-state index < -0.39 is 0 Å². The van der Waals surface area contributed by atoms with E-state index in [1.54, 1.807) is 0 Å². The SMILES string of the molecule is CCC(NCC1CCC(C)CC1)C(N)=O. The Morgan fingerprint density at radius 3 is 2.47 bits per heavy atom. The van der Waals surface area contributed by atoms with Crippen LogP contribution < -0.4 is 11.1 Å². The number of nitrogens with two attached hydrogens (primary N) is 1. The van der Waals surface area contributed by atoms with Crippen LogP contribution in [0.5, 0.6) is 0 Å². The third-order valence-corrected chi connectivity index (χ3v) is 3.54. The molecule has 0 saturated heterocycles. The highest BCUT2D eigenvalue weighted by molar-refractivity contribution is 5.79. The Labute approximate surface area is 92.8 Å². The van der Waals surface area contributed by atoms with Gasteiger partial charge < -0.3 is 11.1 Å². The van der Waals surface area contributed by atoms with E-state index in [2.05, 4.69) is 12.2 Å². The Balaban J connectivity index is 2.21. The van der Waals surface area contributed by atoms with Crippen LogP contribution in [0.4, 0.5) is 0 Å². The van der Waals surface area contributed by atoms with Gasteiger partial charge in [-0.05, 0) is 37.6 Å². The number of hydrogen-bond acceptors (Lipinski definition) is 2. The maximum absolute atomic E-state index is 11.0. The Morgan fingerprint density at radius 1 is 1.40 bits per heavy atom. The first kappa shape index (κ1) is 12.5. The van der Waals surface area contributed by atoms with E-state index >= 15 is 0 Å². The average Bonchev–Trinajstić information content (AvgIpc) is 2.21. The molecule has 1 fully saturated rings. The van der Waals surface area contributed by atoms with Crippen LogP contribution in [0.1, 0.15) is 46.0 Å². The fourth-order valence-electron chi connectivity index (χ4n) is 2.29. The summed E-state index contributed by atoms with van der Waals surface area (Å²) in [6, 6.07) is -0.135. The summed E-state index contributed by atoms with van der Waals surface area (Å²) >= 11 is 0. The van der Waals surface area contributed by atoms with Crippen molar-refractivity contribution in [1.29, 1.82) is 0 Å². The molecule has 1 unspecified atom stereocenters. The second-order valence-electron chi connectivity index (χ2n) is 4.90. The van der Waals surface area contributed by atoms with Crippen LogP contribution >= 0.6 is 0 Å². The Morgan fingerprint density at radius 2 is 2.00 bits per heavy atom. The minimum absolute atomic E-state index is 0.135. The van der Waals surface area contributed by atoms with Crippen molar-refractivity contribution in [1.82, 2.24) is 5.32 Å². The van der Waals surface area contributed by atoms with Crippen LogP contribution in [0.2, 0.25) is 0 Å². The molecule has 0 heterocycles. The molecule has 0 aliphatic heterocycles. The van der Waals surface area contributed by atoms with Gasteiger partial charge in [0.2, 0.25) is 5.91 Å². The molecule has 0 aromatic carbocycles. The van der Waals surface area contributed by atoms with Crippen LogP contribution in [0.15, 0.2) is 0 Å². The van der Waals surface area contributed by atoms with Gasteiger partial charge in [-0.15, -0.1) is 0 Å². The Kier molecular flexibility index (Phi) is 5.09. The predicted molar refractivity (Wildman–Crippen MR) is 62.4 cm³/mol. The van der Waals surface area contributed by atoms with E-state index in [0.717, 1.165) is 24.8 Å². The summed E-state index contributed by atoms with van der Waals surface area (Å²) in [5.41, 5.74) is 5.28. The minimum atomic E-state index is -0.221. The van der Waals surface area contributed by atoms with Gasteiger partial charge in [0.15, 0.2) is 0 Å². The Hall–Kier alpha value is -0.570. The van der Waals surface area contributed by atoms with Gasteiger partial charge in [-0.3, -0.25) is 4.79 Å². The molecule has 0 spiro atoms. The molecule has 1 aliphatic rings. The summed E-state index contributed by atoms with van der Waals surface area (Å²) in [7, 11) is 0. The van der Waals surface area contributed by atoms with Crippen molar-refractivity contribution in [2.24, 2.45) is 17.6 Å². The monoisotopic (exact) mass is 212 g/mol. The standard InChI is InChI=1S/C12H24N2O/c1-3-11(12(13)15)14-8-10-6-4-9(2)5-7-10/h9-11,14H,3-8H2,1-2H3,(H2,13,15). The zero-order valence-corrected chi connectivity index (χ0v) is 9.96. The second-order valence-corrected chi connectivity index (χ2v) is 4.90. The van der Waals surface area contributed by atoms with Gasteiger partial charge in [-0.2, -0.15) is 0 Å². The molecule has 1 atom stereocenters. The van der Waals surface area contributed by atoms with Gasteiger partial charge in [0.1, 0.15) is 0 Å². The molecular weight excluding hydrogens is 188 g/mol. The van der Waals surface area contributed by atoms with Crippen molar-refractivity contribution in [3.8, 4) is 0 Å². The van der Waals surface area contributed by atoms with Crippen molar-refractivity contribution >= 4 is 5.91 Å². The molecule has 3 N–H and O–H groups in total. The summed E-state index contributed by atoms with van der Waals surface area (Å²) in [6.07, 6.45) is 6.05. The van der Waals surface area contributed by atoms with Gasteiger partial charge in [0, 0.05) is 0 Å². The molecule has 1 amide bonds. The van der Waals surface area contributed by atoms with Gasteiger partial charge >= 0.3 is 0 Å². The lowest BCUT2D eigenvalue weighted by molar-refractivity contribution is -0.120. The largest absolute Gasteiger partial charge is 0.368 e. The van der Waals surface area contributed by atoms with E-state index in [4.69, 9.17) is 5.73 Å². The first-order chi connectivity index (χ1) is 7.13. The highest BCUT2D eigenvalue weighted by atomic mass is 16.1. The fraction of sp³-hybridized carbons (Fsp3) is 0.917. The molecule has 88 valence electrons. The van der Waals surface area contributed by atoms with Gasteiger partial charge in [-0.25, -0.2) is 0 Å². The second kappa shape index (κ2) is 6.11. The van der Waals surface area contributed by atoms with E-state index in [9.17, 15) is 4.79 Å². The van der Waals surface area contributed by atoms with Gasteiger partial charge in [-0.1, -0.05) is 26.7 Å². The summed E-state index contributed by atoms with van der Waals surface area (Å²) in [5.74, 6) is 1.41. The minimum Gasteiger partial charge on any atom is -0.368 e. The maximum atomic E-state index is 11.0. The molecule has 0 aromatic rings. The number of primary amides is 1. The van der Waals surface area contributed by atoms with Crippen molar-refractivity contribution in [2.45, 2.75) is 52.0 Å². The smallest absolute Gasteiger partial charge is 0.234 e. The summed E-state index contributed by atoms with van der Waals surface area (Å²) in [6.45, 7) is 5.27. The zero-order valence-electron chi connectivity index (χ0n) is 9.96. The van der Waals surface area contributed by atoms with Crippen molar-refractivity contribution in [3.05, 3.63) is 0 Å². The van der Waals surface area contributed by atoms with Crippen LogP contribution in [0.25, 0.3) is 0 Å². The molecule has 0 bridgehead atoms. The molecule has 0 radical (unpaired) electrons. The Bertz CT molecular complexity index is 198. The number of amides is 1. The van der Waals surface area contributed by atoms with E-state index in [0.29, 0.717) is 0 Å². The van der Waals surface area contributed by atoms with E-state index in [-0.39, 0.29) is 11.9 Å².